The van der Waals surface area contributed by atoms with E-state index >= 15 is 0 Å². The molecule has 7 rings (SSSR count). The van der Waals surface area contributed by atoms with Crippen molar-refractivity contribution < 1.29 is 22.7 Å². The van der Waals surface area contributed by atoms with Crippen LogP contribution in [0.4, 0.5) is 29.6 Å². The average Bonchev–Trinajstić information content (AvgIpc) is 3.58. The second-order valence-corrected chi connectivity index (χ2v) is 13.9. The predicted octanol–water partition coefficient (Wildman–Crippen LogP) is 7.20. The van der Waals surface area contributed by atoms with Crippen molar-refractivity contribution in [3.63, 3.8) is 0 Å². The highest BCUT2D eigenvalue weighted by Gasteiger charge is 2.41. The van der Waals surface area contributed by atoms with Gasteiger partial charge >= 0.3 is 12.4 Å². The predicted molar refractivity (Wildman–Crippen MR) is 196 cm³/mol. The smallest absolute Gasteiger partial charge is 0.334 e. The Kier molecular flexibility index (Phi) is 10.9. The first-order valence-corrected chi connectivity index (χ1v) is 18.1. The number of halogens is 3. The summed E-state index contributed by atoms with van der Waals surface area (Å²) in [6.45, 7) is 7.66. The van der Waals surface area contributed by atoms with Crippen molar-refractivity contribution in [1.82, 2.24) is 44.8 Å². The number of urea groups is 1. The number of aryl methyl sites for hydroxylation is 3. The molecule has 0 bridgehead atoms. The lowest BCUT2D eigenvalue weighted by Crippen LogP contribution is -2.58. The molecule has 0 saturated carbocycles. The van der Waals surface area contributed by atoms with Crippen LogP contribution in [0.5, 0.6) is 0 Å². The molecule has 2 amide bonds. The monoisotopic (exact) mass is 740 g/mol. The molecule has 54 heavy (non-hydrogen) atoms. The third kappa shape index (κ3) is 8.69. The van der Waals surface area contributed by atoms with E-state index in [0.29, 0.717) is 18.2 Å². The van der Waals surface area contributed by atoms with Crippen LogP contribution in [-0.4, -0.2) is 77.6 Å². The highest BCUT2D eigenvalue weighted by molar-refractivity contribution is 5.75. The van der Waals surface area contributed by atoms with E-state index in [0.717, 1.165) is 59.6 Å². The number of alkyl halides is 3. The molecular formula is C39H43F3N10O2. The van der Waals surface area contributed by atoms with E-state index in [-0.39, 0.29) is 31.7 Å². The van der Waals surface area contributed by atoms with Gasteiger partial charge in [-0.1, -0.05) is 24.3 Å². The van der Waals surface area contributed by atoms with Gasteiger partial charge in [-0.3, -0.25) is 24.3 Å². The minimum absolute atomic E-state index is 0.105. The molecule has 1 aromatic carbocycles. The van der Waals surface area contributed by atoms with E-state index in [2.05, 4.69) is 56.3 Å². The van der Waals surface area contributed by atoms with Crippen molar-refractivity contribution in [2.24, 2.45) is 0 Å². The number of carbonyl (C=O) groups excluding carboxylic acids is 1. The molecule has 0 unspecified atom stereocenters. The number of nitrogens with one attached hydrogen (secondary N) is 2. The molecule has 0 aliphatic carbocycles. The molecule has 0 radical (unpaired) electrons. The third-order valence-corrected chi connectivity index (χ3v) is 10.1. The Morgan fingerprint density at radius 3 is 2.24 bits per heavy atom. The van der Waals surface area contributed by atoms with E-state index in [9.17, 15) is 18.0 Å². The zero-order valence-corrected chi connectivity index (χ0v) is 30.4. The largest absolute Gasteiger partial charge is 0.522 e. The van der Waals surface area contributed by atoms with Gasteiger partial charge < -0.3 is 15.5 Å². The van der Waals surface area contributed by atoms with Gasteiger partial charge in [-0.05, 0) is 86.6 Å². The molecule has 2 N–H and O–H groups in total. The SMILES string of the molecule is Cc1cc(-c2ccnc(Nc3cnn(CCN4[C@@H](c5ncccc5C)CCC[C@H]4c4ncccc4C)c3)n2)ccc1CNC(=O)N1CC(OC(F)(F)F)C1. The van der Waals surface area contributed by atoms with Crippen LogP contribution in [0.3, 0.4) is 0 Å². The fraction of sp³-hybridized carbons (Fsp3) is 0.385. The number of rotatable bonds is 11. The summed E-state index contributed by atoms with van der Waals surface area (Å²) >= 11 is 0. The minimum Gasteiger partial charge on any atom is -0.334 e. The Morgan fingerprint density at radius 2 is 1.59 bits per heavy atom. The number of nitrogens with zero attached hydrogens (tertiary/aromatic N) is 8. The van der Waals surface area contributed by atoms with Crippen LogP contribution in [0.25, 0.3) is 11.3 Å². The Labute approximate surface area is 311 Å². The van der Waals surface area contributed by atoms with Crippen LogP contribution < -0.4 is 10.6 Å². The first-order valence-electron chi connectivity index (χ1n) is 18.1. The third-order valence-electron chi connectivity index (χ3n) is 10.1. The summed E-state index contributed by atoms with van der Waals surface area (Å²) in [5, 5.41) is 10.7. The molecule has 2 saturated heterocycles. The fourth-order valence-electron chi connectivity index (χ4n) is 7.33. The minimum atomic E-state index is -4.71. The van der Waals surface area contributed by atoms with Gasteiger partial charge in [0, 0.05) is 43.4 Å². The maximum Gasteiger partial charge on any atom is 0.522 e. The van der Waals surface area contributed by atoms with Gasteiger partial charge in [-0.25, -0.2) is 14.8 Å². The number of ether oxygens (including phenoxy) is 1. The molecular weight excluding hydrogens is 697 g/mol. The number of anilines is 2. The van der Waals surface area contributed by atoms with Gasteiger partial charge in [0.25, 0.3) is 0 Å². The molecule has 15 heteroatoms. The Bertz CT molecular complexity index is 2030. The van der Waals surface area contributed by atoms with Crippen LogP contribution >= 0.6 is 0 Å². The normalized spacial score (nSPS) is 18.0. The second-order valence-electron chi connectivity index (χ2n) is 13.9. The summed E-state index contributed by atoms with van der Waals surface area (Å²) in [6.07, 6.45) is 6.61. The molecule has 2 aliphatic heterocycles. The summed E-state index contributed by atoms with van der Waals surface area (Å²) in [6, 6.07) is 15.8. The molecule has 6 heterocycles. The molecule has 0 spiro atoms. The first kappa shape index (κ1) is 36.9. The van der Waals surface area contributed by atoms with Gasteiger partial charge in [-0.2, -0.15) is 5.10 Å². The Balaban J connectivity index is 0.977. The fourth-order valence-corrected chi connectivity index (χ4v) is 7.33. The lowest BCUT2D eigenvalue weighted by molar-refractivity contribution is -0.352. The number of aromatic nitrogens is 6. The zero-order chi connectivity index (χ0) is 37.8. The summed E-state index contributed by atoms with van der Waals surface area (Å²) in [4.78, 5) is 35.1. The molecule has 12 nitrogen and oxygen atoms in total. The van der Waals surface area contributed by atoms with Crippen molar-refractivity contribution in [2.75, 3.05) is 25.0 Å². The lowest BCUT2D eigenvalue weighted by atomic mass is 9.89. The number of carbonyl (C=O) groups is 1. The highest BCUT2D eigenvalue weighted by Crippen LogP contribution is 2.42. The standard InChI is InChI=1S/C39H43F3N10O2/c1-25-7-5-14-43-35(25)33-9-4-10-34(36-26(2)8-6-15-44-36)52(33)18-17-51-22-30(21-47-51)48-37-45-16-13-32(49-37)28-11-12-29(27(3)19-28)20-46-38(53)50-23-31(24-50)54-39(40,41)42/h5-8,11-16,19,21-22,31,33-34H,4,9-10,17-18,20,23-24H2,1-3H3,(H,46,53)(H,45,48,49)/t33-,34+. The van der Waals surface area contributed by atoms with Crippen molar-refractivity contribution >= 4 is 17.7 Å². The van der Waals surface area contributed by atoms with Crippen LogP contribution in [-0.2, 0) is 17.8 Å². The molecule has 2 aliphatic rings. The molecule has 2 atom stereocenters. The van der Waals surface area contributed by atoms with E-state index in [4.69, 9.17) is 15.0 Å². The number of piperidine rings is 1. The number of amides is 2. The van der Waals surface area contributed by atoms with Gasteiger partial charge in [-0.15, -0.1) is 13.2 Å². The summed E-state index contributed by atoms with van der Waals surface area (Å²) < 4.78 is 43.1. The number of pyridine rings is 2. The van der Waals surface area contributed by atoms with Crippen LogP contribution in [0.2, 0.25) is 0 Å². The molecule has 5 aromatic rings. The Hall–Kier alpha value is -5.41. The van der Waals surface area contributed by atoms with Crippen molar-refractivity contribution in [3.8, 4) is 11.3 Å². The molecule has 2 fully saturated rings. The molecule has 282 valence electrons. The van der Waals surface area contributed by atoms with E-state index < -0.39 is 18.5 Å². The zero-order valence-electron chi connectivity index (χ0n) is 30.4. The van der Waals surface area contributed by atoms with Gasteiger partial charge in [0.1, 0.15) is 6.10 Å². The van der Waals surface area contributed by atoms with Crippen LogP contribution in [0.1, 0.15) is 65.0 Å². The van der Waals surface area contributed by atoms with Crippen molar-refractivity contribution in [1.29, 1.82) is 0 Å². The van der Waals surface area contributed by atoms with Gasteiger partial charge in [0.05, 0.1) is 60.7 Å². The number of hydrogen-bond donors (Lipinski definition) is 2. The van der Waals surface area contributed by atoms with Crippen LogP contribution in [0.15, 0.2) is 79.5 Å². The van der Waals surface area contributed by atoms with E-state index in [1.54, 1.807) is 12.4 Å². The summed E-state index contributed by atoms with van der Waals surface area (Å²) in [7, 11) is 0. The number of benzene rings is 1. The van der Waals surface area contributed by atoms with Crippen molar-refractivity contribution in [3.05, 3.63) is 113 Å². The van der Waals surface area contributed by atoms with E-state index in [1.165, 1.54) is 16.0 Å². The number of hydrogen-bond acceptors (Lipinski definition) is 9. The van der Waals surface area contributed by atoms with Gasteiger partial charge in [0.2, 0.25) is 5.95 Å². The quantitative estimate of drug-likeness (QED) is 0.145. The van der Waals surface area contributed by atoms with Crippen molar-refractivity contribution in [2.45, 2.75) is 77.7 Å². The summed E-state index contributed by atoms with van der Waals surface area (Å²) in [5.74, 6) is 0.427. The Morgan fingerprint density at radius 1 is 0.889 bits per heavy atom. The number of likely N-dealkylation sites (tertiary alicyclic amines) is 2. The highest BCUT2D eigenvalue weighted by atomic mass is 19.4. The van der Waals surface area contributed by atoms with E-state index in [1.807, 2.05) is 66.6 Å². The first-order chi connectivity index (χ1) is 26.0. The second kappa shape index (κ2) is 15.9. The van der Waals surface area contributed by atoms with Crippen LogP contribution in [0, 0.1) is 20.8 Å². The lowest BCUT2D eigenvalue weighted by Gasteiger charge is -2.42. The topological polar surface area (TPSA) is 126 Å². The summed E-state index contributed by atoms with van der Waals surface area (Å²) in [5.41, 5.74) is 8.78. The molecule has 4 aromatic heterocycles. The maximum absolute atomic E-state index is 12.4. The maximum atomic E-state index is 12.4. The van der Waals surface area contributed by atoms with Gasteiger partial charge in [0.15, 0.2) is 0 Å². The average molecular weight is 741 g/mol.